The molecule has 0 saturated carbocycles. The third kappa shape index (κ3) is 3.78. The van der Waals surface area contributed by atoms with Crippen LogP contribution in [0.1, 0.15) is 46.4 Å². The van der Waals surface area contributed by atoms with Crippen LogP contribution >= 0.6 is 22.9 Å². The monoisotopic (exact) mass is 390 g/mol. The van der Waals surface area contributed by atoms with Crippen LogP contribution in [0.3, 0.4) is 0 Å². The largest absolute Gasteiger partial charge is 0.351 e. The highest BCUT2D eigenvalue weighted by atomic mass is 35.5. The first-order valence-electron chi connectivity index (χ1n) is 8.42. The van der Waals surface area contributed by atoms with Gasteiger partial charge in [0, 0.05) is 18.0 Å². The van der Waals surface area contributed by atoms with Crippen molar-refractivity contribution in [1.82, 2.24) is 19.9 Å². The lowest BCUT2D eigenvalue weighted by Crippen LogP contribution is -2.24. The predicted molar refractivity (Wildman–Crippen MR) is 103 cm³/mol. The molecule has 0 radical (unpaired) electrons. The lowest BCUT2D eigenvalue weighted by atomic mass is 10.1. The second-order valence-corrected chi connectivity index (χ2v) is 7.34. The lowest BCUT2D eigenvalue weighted by molar-refractivity contribution is 0.0956. The maximum Gasteiger partial charge on any atom is 0.296 e. The SMILES string of the molecule is CCCCNC(=O)c1sc2nc(=O)c(Cc3ccccc3Cl)nn2c1C. The molecule has 0 aliphatic rings. The normalized spacial score (nSPS) is 11.0. The van der Waals surface area contributed by atoms with Crippen LogP contribution in [-0.2, 0) is 6.42 Å². The number of nitrogens with zero attached hydrogens (tertiary/aromatic N) is 3. The van der Waals surface area contributed by atoms with E-state index in [4.69, 9.17) is 11.6 Å². The van der Waals surface area contributed by atoms with Crippen molar-refractivity contribution in [2.24, 2.45) is 0 Å². The van der Waals surface area contributed by atoms with Gasteiger partial charge in [-0.25, -0.2) is 4.52 Å². The van der Waals surface area contributed by atoms with Crippen molar-refractivity contribution in [3.05, 3.63) is 61.5 Å². The van der Waals surface area contributed by atoms with Crippen LogP contribution in [0.5, 0.6) is 0 Å². The molecule has 3 rings (SSSR count). The maximum atomic E-state index is 12.4. The molecule has 2 heterocycles. The molecule has 0 spiro atoms. The second-order valence-electron chi connectivity index (χ2n) is 5.95. The number of unbranched alkanes of at least 4 members (excludes halogenated alkanes) is 1. The van der Waals surface area contributed by atoms with E-state index in [1.165, 1.54) is 11.3 Å². The van der Waals surface area contributed by atoms with Crippen molar-refractivity contribution >= 4 is 33.8 Å². The Bertz CT molecular complexity index is 1010. The Hall–Kier alpha value is -2.25. The first-order valence-corrected chi connectivity index (χ1v) is 9.61. The minimum Gasteiger partial charge on any atom is -0.351 e. The molecule has 0 bridgehead atoms. The molecule has 1 N–H and O–H groups in total. The van der Waals surface area contributed by atoms with E-state index in [-0.39, 0.29) is 5.91 Å². The van der Waals surface area contributed by atoms with Gasteiger partial charge in [-0.3, -0.25) is 9.59 Å². The van der Waals surface area contributed by atoms with E-state index in [0.29, 0.717) is 39.2 Å². The Balaban J connectivity index is 1.95. The zero-order valence-corrected chi connectivity index (χ0v) is 16.2. The maximum absolute atomic E-state index is 12.4. The lowest BCUT2D eigenvalue weighted by Gasteiger charge is -2.04. The summed E-state index contributed by atoms with van der Waals surface area (Å²) in [6.45, 7) is 4.49. The van der Waals surface area contributed by atoms with E-state index >= 15 is 0 Å². The topological polar surface area (TPSA) is 76.4 Å². The molecule has 26 heavy (non-hydrogen) atoms. The minimum absolute atomic E-state index is 0.159. The van der Waals surface area contributed by atoms with Crippen LogP contribution in [0, 0.1) is 6.92 Å². The van der Waals surface area contributed by atoms with Crippen LogP contribution in [-0.4, -0.2) is 27.0 Å². The Labute approximate surface area is 159 Å². The molecule has 0 aliphatic heterocycles. The van der Waals surface area contributed by atoms with Crippen molar-refractivity contribution in [2.75, 3.05) is 6.54 Å². The molecular weight excluding hydrogens is 372 g/mol. The number of hydrogen-bond donors (Lipinski definition) is 1. The number of hydrogen-bond acceptors (Lipinski definition) is 5. The number of rotatable bonds is 6. The zero-order chi connectivity index (χ0) is 18.7. The van der Waals surface area contributed by atoms with Crippen molar-refractivity contribution in [1.29, 1.82) is 0 Å². The number of thiazole rings is 1. The van der Waals surface area contributed by atoms with Gasteiger partial charge >= 0.3 is 0 Å². The number of halogens is 1. The molecule has 0 unspecified atom stereocenters. The Morgan fingerprint density at radius 3 is 2.85 bits per heavy atom. The van der Waals surface area contributed by atoms with Gasteiger partial charge in [-0.05, 0) is 25.0 Å². The Kier molecular flexibility index (Phi) is 5.68. The zero-order valence-electron chi connectivity index (χ0n) is 14.6. The van der Waals surface area contributed by atoms with Crippen LogP contribution in [0.4, 0.5) is 0 Å². The van der Waals surface area contributed by atoms with Crippen molar-refractivity contribution in [2.45, 2.75) is 33.1 Å². The second kappa shape index (κ2) is 7.97. The molecule has 1 amide bonds. The average Bonchev–Trinajstić information content (AvgIpc) is 2.93. The highest BCUT2D eigenvalue weighted by molar-refractivity contribution is 7.19. The summed E-state index contributed by atoms with van der Waals surface area (Å²) in [6, 6.07) is 7.32. The van der Waals surface area contributed by atoms with Crippen LogP contribution in [0.25, 0.3) is 4.96 Å². The fourth-order valence-corrected chi connectivity index (χ4v) is 3.73. The Morgan fingerprint density at radius 2 is 2.12 bits per heavy atom. The molecule has 3 aromatic rings. The highest BCUT2D eigenvalue weighted by Crippen LogP contribution is 2.21. The van der Waals surface area contributed by atoms with Gasteiger partial charge in [0.1, 0.15) is 10.6 Å². The molecule has 136 valence electrons. The summed E-state index contributed by atoms with van der Waals surface area (Å²) in [7, 11) is 0. The summed E-state index contributed by atoms with van der Waals surface area (Å²) >= 11 is 7.35. The third-order valence-electron chi connectivity index (χ3n) is 4.02. The van der Waals surface area contributed by atoms with E-state index in [1.807, 2.05) is 18.2 Å². The molecule has 0 aliphatic carbocycles. The third-order valence-corrected chi connectivity index (χ3v) is 5.52. The molecular formula is C18H19ClN4O2S. The number of nitrogens with one attached hydrogen (secondary N) is 1. The summed E-state index contributed by atoms with van der Waals surface area (Å²) < 4.78 is 1.56. The summed E-state index contributed by atoms with van der Waals surface area (Å²) in [6.07, 6.45) is 2.22. The van der Waals surface area contributed by atoms with Gasteiger partial charge in [0.2, 0.25) is 4.96 Å². The van der Waals surface area contributed by atoms with Gasteiger partial charge in [0.05, 0.1) is 5.69 Å². The fraction of sp³-hybridized carbons (Fsp3) is 0.333. The van der Waals surface area contributed by atoms with Crippen LogP contribution < -0.4 is 10.9 Å². The molecule has 1 aromatic carbocycles. The smallest absolute Gasteiger partial charge is 0.296 e. The molecule has 0 fully saturated rings. The predicted octanol–water partition coefficient (Wildman–Crippen LogP) is 3.23. The number of carbonyl (C=O) groups is 1. The van der Waals surface area contributed by atoms with Gasteiger partial charge in [0.15, 0.2) is 0 Å². The van der Waals surface area contributed by atoms with Gasteiger partial charge in [-0.15, -0.1) is 0 Å². The van der Waals surface area contributed by atoms with Crippen molar-refractivity contribution in [3.63, 3.8) is 0 Å². The summed E-state index contributed by atoms with van der Waals surface area (Å²) in [5.41, 5.74) is 1.39. The molecule has 0 saturated heterocycles. The van der Waals surface area contributed by atoms with Crippen LogP contribution in [0.2, 0.25) is 5.02 Å². The summed E-state index contributed by atoms with van der Waals surface area (Å²) in [4.78, 5) is 29.7. The fourth-order valence-electron chi connectivity index (χ4n) is 2.55. The first-order chi connectivity index (χ1) is 12.5. The van der Waals surface area contributed by atoms with Gasteiger partial charge in [0.25, 0.3) is 11.5 Å². The molecule has 6 nitrogen and oxygen atoms in total. The number of amides is 1. The number of fused-ring (bicyclic) bond motifs is 1. The van der Waals surface area contributed by atoms with E-state index < -0.39 is 5.56 Å². The number of benzene rings is 1. The van der Waals surface area contributed by atoms with Gasteiger partial charge < -0.3 is 5.32 Å². The molecule has 8 heteroatoms. The summed E-state index contributed by atoms with van der Waals surface area (Å²) in [5, 5.41) is 7.89. The van der Waals surface area contributed by atoms with Gasteiger partial charge in [-0.2, -0.15) is 10.1 Å². The van der Waals surface area contributed by atoms with Crippen molar-refractivity contribution < 1.29 is 4.79 Å². The van der Waals surface area contributed by atoms with Gasteiger partial charge in [-0.1, -0.05) is 54.5 Å². The number of aryl methyl sites for hydroxylation is 1. The number of carbonyl (C=O) groups excluding carboxylic acids is 1. The standard InChI is InChI=1S/C18H19ClN4O2S/c1-3-4-9-20-17(25)15-11(2)23-18(26-15)21-16(24)14(22-23)10-12-7-5-6-8-13(12)19/h5-8H,3-4,9-10H2,1-2H3,(H,20,25). The van der Waals surface area contributed by atoms with E-state index in [1.54, 1.807) is 17.5 Å². The van der Waals surface area contributed by atoms with E-state index in [0.717, 1.165) is 18.4 Å². The summed E-state index contributed by atoms with van der Waals surface area (Å²) in [5.74, 6) is -0.159. The molecule has 2 aromatic heterocycles. The quantitative estimate of drug-likeness (QED) is 0.655. The van der Waals surface area contributed by atoms with Crippen LogP contribution in [0.15, 0.2) is 29.1 Å². The minimum atomic E-state index is -0.399. The average molecular weight is 391 g/mol. The number of aromatic nitrogens is 3. The highest BCUT2D eigenvalue weighted by Gasteiger charge is 2.18. The first kappa shape index (κ1) is 18.5. The van der Waals surface area contributed by atoms with Crippen molar-refractivity contribution in [3.8, 4) is 0 Å². The molecule has 0 atom stereocenters. The Morgan fingerprint density at radius 1 is 1.35 bits per heavy atom. The van der Waals surface area contributed by atoms with E-state index in [2.05, 4.69) is 22.3 Å². The van der Waals surface area contributed by atoms with E-state index in [9.17, 15) is 9.59 Å².